The molecule has 134 valence electrons. The van der Waals surface area contributed by atoms with Crippen LogP contribution in [0.15, 0.2) is 81.8 Å². The number of rotatable bonds is 4. The fraction of sp³-hybridized carbons (Fsp3) is 0.0952. The Balaban J connectivity index is 1.87. The van der Waals surface area contributed by atoms with Gasteiger partial charge in [0.1, 0.15) is 0 Å². The molecule has 0 radical (unpaired) electrons. The van der Waals surface area contributed by atoms with Crippen LogP contribution < -0.4 is 4.80 Å². The summed E-state index contributed by atoms with van der Waals surface area (Å²) in [4.78, 5) is 10.9. The van der Waals surface area contributed by atoms with E-state index < -0.39 is 0 Å². The zero-order valence-electron chi connectivity index (χ0n) is 15.0. The number of aryl methyl sites for hydroxylation is 1. The lowest BCUT2D eigenvalue weighted by Crippen LogP contribution is -2.13. The van der Waals surface area contributed by atoms with Gasteiger partial charge in [-0.15, -0.1) is 22.7 Å². The van der Waals surface area contributed by atoms with E-state index in [1.807, 2.05) is 35.9 Å². The van der Waals surface area contributed by atoms with Gasteiger partial charge in [0.05, 0.1) is 22.0 Å². The summed E-state index contributed by atoms with van der Waals surface area (Å²) < 4.78 is 1.94. The average Bonchev–Trinajstić information content (AvgIpc) is 3.35. The molecule has 0 saturated heterocycles. The summed E-state index contributed by atoms with van der Waals surface area (Å²) in [6.45, 7) is 4.08. The highest BCUT2D eigenvalue weighted by Gasteiger charge is 2.10. The highest BCUT2D eigenvalue weighted by molar-refractivity contribution is 7.14. The van der Waals surface area contributed by atoms with Crippen LogP contribution in [-0.2, 0) is 0 Å². The van der Waals surface area contributed by atoms with Crippen molar-refractivity contribution in [3.05, 3.63) is 87.6 Å². The van der Waals surface area contributed by atoms with Crippen molar-refractivity contribution < 1.29 is 0 Å². The van der Waals surface area contributed by atoms with Gasteiger partial charge in [-0.1, -0.05) is 23.8 Å². The number of hydrogen-bond donors (Lipinski definition) is 0. The Labute approximate surface area is 165 Å². The first-order chi connectivity index (χ1) is 13.2. The summed E-state index contributed by atoms with van der Waals surface area (Å²) in [5.74, 6) is 0. The summed E-state index contributed by atoms with van der Waals surface area (Å²) in [6, 6.07) is 16.3. The molecule has 6 heteroatoms. The van der Waals surface area contributed by atoms with Crippen LogP contribution >= 0.6 is 22.7 Å². The lowest BCUT2D eigenvalue weighted by atomic mass is 10.2. The van der Waals surface area contributed by atoms with E-state index in [0.717, 1.165) is 27.5 Å². The van der Waals surface area contributed by atoms with E-state index in [2.05, 4.69) is 46.9 Å². The van der Waals surface area contributed by atoms with Gasteiger partial charge in [0, 0.05) is 23.3 Å². The van der Waals surface area contributed by atoms with Gasteiger partial charge in [0.2, 0.25) is 4.80 Å². The molecule has 0 aliphatic heterocycles. The van der Waals surface area contributed by atoms with E-state index in [1.54, 1.807) is 35.1 Å². The summed E-state index contributed by atoms with van der Waals surface area (Å²) in [6.07, 6.45) is 3.56. The number of thiazole rings is 1. The quantitative estimate of drug-likeness (QED) is 0.425. The van der Waals surface area contributed by atoms with Gasteiger partial charge < -0.3 is 0 Å². The van der Waals surface area contributed by atoms with Gasteiger partial charge in [-0.05, 0) is 49.6 Å². The molecule has 4 nitrogen and oxygen atoms in total. The van der Waals surface area contributed by atoms with Crippen molar-refractivity contribution in [1.82, 2.24) is 9.66 Å². The Kier molecular flexibility index (Phi) is 5.09. The average molecular weight is 391 g/mol. The second kappa shape index (κ2) is 7.82. The van der Waals surface area contributed by atoms with E-state index in [9.17, 15) is 0 Å². The minimum Gasteiger partial charge on any atom is -0.265 e. The van der Waals surface area contributed by atoms with E-state index in [1.165, 1.54) is 10.4 Å². The van der Waals surface area contributed by atoms with Crippen molar-refractivity contribution in [2.75, 3.05) is 0 Å². The summed E-state index contributed by atoms with van der Waals surface area (Å²) in [5, 5.41) is 9.08. The summed E-state index contributed by atoms with van der Waals surface area (Å²) >= 11 is 3.29. The van der Waals surface area contributed by atoms with E-state index >= 15 is 0 Å². The second-order valence-electron chi connectivity index (χ2n) is 6.06. The number of hydrogen-bond acceptors (Lipinski definition) is 5. The molecular formula is C21H18N4S2. The fourth-order valence-corrected chi connectivity index (χ4v) is 4.24. The number of aromatic nitrogens is 2. The molecular weight excluding hydrogens is 372 g/mol. The number of nitrogens with zero attached hydrogens (tertiary/aromatic N) is 4. The minimum absolute atomic E-state index is 0.843. The van der Waals surface area contributed by atoms with Crippen LogP contribution in [0.4, 0.5) is 5.69 Å². The Morgan fingerprint density at radius 2 is 1.78 bits per heavy atom. The van der Waals surface area contributed by atoms with Crippen LogP contribution in [0.3, 0.4) is 0 Å². The Bertz CT molecular complexity index is 1120. The molecule has 4 aromatic rings. The van der Waals surface area contributed by atoms with Crippen LogP contribution in [0.25, 0.3) is 10.6 Å². The molecule has 0 bridgehead atoms. The molecule has 0 spiro atoms. The van der Waals surface area contributed by atoms with Crippen molar-refractivity contribution in [1.29, 1.82) is 0 Å². The van der Waals surface area contributed by atoms with Crippen LogP contribution in [0, 0.1) is 6.92 Å². The lowest BCUT2D eigenvalue weighted by molar-refractivity contribution is 0.849. The first-order valence-electron chi connectivity index (χ1n) is 8.52. The molecule has 0 amide bonds. The molecule has 0 unspecified atom stereocenters. The molecule has 0 aliphatic carbocycles. The Morgan fingerprint density at radius 3 is 2.48 bits per heavy atom. The number of pyridine rings is 1. The van der Waals surface area contributed by atoms with Crippen molar-refractivity contribution in [3.8, 4) is 10.6 Å². The first kappa shape index (κ1) is 17.6. The predicted octanol–water partition coefficient (Wildman–Crippen LogP) is 5.49. The largest absolute Gasteiger partial charge is 0.265 e. The standard InChI is InChI=1S/C21H18N4S2/c1-15-5-7-18(8-6-15)23-21-25(19(14-27-21)20-4-3-13-26-20)24-16(2)17-9-11-22-12-10-17/h3-14H,1-2H3. The van der Waals surface area contributed by atoms with Crippen molar-refractivity contribution >= 4 is 34.1 Å². The molecule has 27 heavy (non-hydrogen) atoms. The molecule has 0 fully saturated rings. The SMILES string of the molecule is CC(=Nn1c(-c2cccs2)csc1=Nc1ccc(C)cc1)c1ccncc1. The first-order valence-corrected chi connectivity index (χ1v) is 10.3. The monoisotopic (exact) mass is 390 g/mol. The third-order valence-corrected chi connectivity index (χ3v) is 5.77. The van der Waals surface area contributed by atoms with Gasteiger partial charge in [-0.2, -0.15) is 5.10 Å². The molecule has 3 heterocycles. The minimum atomic E-state index is 0.843. The number of thiophene rings is 1. The van der Waals surface area contributed by atoms with Gasteiger partial charge in [0.15, 0.2) is 0 Å². The van der Waals surface area contributed by atoms with E-state index in [-0.39, 0.29) is 0 Å². The van der Waals surface area contributed by atoms with Crippen LogP contribution in [0.2, 0.25) is 0 Å². The Hall–Kier alpha value is -2.83. The van der Waals surface area contributed by atoms with Crippen LogP contribution in [0.5, 0.6) is 0 Å². The van der Waals surface area contributed by atoms with Gasteiger partial charge >= 0.3 is 0 Å². The molecule has 3 aromatic heterocycles. The molecule has 4 rings (SSSR count). The molecule has 0 aliphatic rings. The third kappa shape index (κ3) is 3.97. The summed E-state index contributed by atoms with van der Waals surface area (Å²) in [7, 11) is 0. The maximum atomic E-state index is 4.89. The normalized spacial score (nSPS) is 12.5. The number of benzene rings is 1. The van der Waals surface area contributed by atoms with Crippen LogP contribution in [-0.4, -0.2) is 15.4 Å². The maximum absolute atomic E-state index is 4.89. The van der Waals surface area contributed by atoms with Gasteiger partial charge in [0.25, 0.3) is 0 Å². The van der Waals surface area contributed by atoms with Crippen molar-refractivity contribution in [2.24, 2.45) is 10.1 Å². The third-order valence-electron chi connectivity index (χ3n) is 4.07. The van der Waals surface area contributed by atoms with E-state index in [4.69, 9.17) is 10.1 Å². The highest BCUT2D eigenvalue weighted by atomic mass is 32.1. The maximum Gasteiger partial charge on any atom is 0.211 e. The van der Waals surface area contributed by atoms with E-state index in [0.29, 0.717) is 0 Å². The van der Waals surface area contributed by atoms with Gasteiger partial charge in [-0.3, -0.25) is 4.98 Å². The van der Waals surface area contributed by atoms with Crippen molar-refractivity contribution in [2.45, 2.75) is 13.8 Å². The predicted molar refractivity (Wildman–Crippen MR) is 114 cm³/mol. The molecule has 0 saturated carbocycles. The topological polar surface area (TPSA) is 42.5 Å². The van der Waals surface area contributed by atoms with Crippen LogP contribution in [0.1, 0.15) is 18.1 Å². The lowest BCUT2D eigenvalue weighted by Gasteiger charge is -2.05. The zero-order chi connectivity index (χ0) is 18.6. The van der Waals surface area contributed by atoms with Gasteiger partial charge in [-0.25, -0.2) is 9.67 Å². The molecule has 0 atom stereocenters. The smallest absolute Gasteiger partial charge is 0.211 e. The fourth-order valence-electron chi connectivity index (χ4n) is 2.60. The molecule has 1 aromatic carbocycles. The zero-order valence-corrected chi connectivity index (χ0v) is 16.7. The Morgan fingerprint density at radius 1 is 1.00 bits per heavy atom. The second-order valence-corrected chi connectivity index (χ2v) is 7.85. The summed E-state index contributed by atoms with van der Waals surface area (Å²) in [5.41, 5.74) is 5.15. The molecule has 0 N–H and O–H groups in total. The highest BCUT2D eigenvalue weighted by Crippen LogP contribution is 2.25. The van der Waals surface area contributed by atoms with Crippen molar-refractivity contribution in [3.63, 3.8) is 0 Å².